The second kappa shape index (κ2) is 3.50. The van der Waals surface area contributed by atoms with E-state index in [-0.39, 0.29) is 17.6 Å². The second-order valence-corrected chi connectivity index (χ2v) is 7.63. The van der Waals surface area contributed by atoms with Crippen LogP contribution in [0.15, 0.2) is 0 Å². The molecule has 2 aliphatic heterocycles. The second-order valence-electron chi connectivity index (χ2n) is 7.63. The zero-order valence-electron chi connectivity index (χ0n) is 11.9. The summed E-state index contributed by atoms with van der Waals surface area (Å²) in [5.41, 5.74) is -1.52. The molecule has 104 valence electrons. The van der Waals surface area contributed by atoms with Crippen LogP contribution in [0.2, 0.25) is 0 Å². The highest BCUT2D eigenvalue weighted by atomic mass is 16.5. The lowest BCUT2D eigenvalue weighted by atomic mass is 9.74. The van der Waals surface area contributed by atoms with Crippen LogP contribution >= 0.6 is 0 Å². The van der Waals surface area contributed by atoms with Crippen molar-refractivity contribution < 1.29 is 14.9 Å². The van der Waals surface area contributed by atoms with Crippen molar-refractivity contribution in [3.05, 3.63) is 0 Å². The van der Waals surface area contributed by atoms with Gasteiger partial charge in [0.2, 0.25) is 0 Å². The number of hydrogen-bond donors (Lipinski definition) is 2. The van der Waals surface area contributed by atoms with Gasteiger partial charge in [-0.3, -0.25) is 0 Å². The van der Waals surface area contributed by atoms with Crippen LogP contribution in [0.25, 0.3) is 0 Å². The molecule has 2 saturated heterocycles. The number of rotatable bonds is 0. The van der Waals surface area contributed by atoms with Gasteiger partial charge in [0.25, 0.3) is 0 Å². The molecule has 2 heterocycles. The van der Waals surface area contributed by atoms with E-state index in [9.17, 15) is 10.2 Å². The van der Waals surface area contributed by atoms with Gasteiger partial charge in [-0.25, -0.2) is 0 Å². The number of aliphatic hydroxyl groups is 2. The molecule has 18 heavy (non-hydrogen) atoms. The van der Waals surface area contributed by atoms with Crippen LogP contribution < -0.4 is 0 Å². The Hall–Kier alpha value is -0.120. The van der Waals surface area contributed by atoms with Crippen molar-refractivity contribution in [3.63, 3.8) is 0 Å². The normalized spacial score (nSPS) is 58.3. The van der Waals surface area contributed by atoms with E-state index >= 15 is 0 Å². The van der Waals surface area contributed by atoms with E-state index in [0.717, 1.165) is 25.7 Å². The highest BCUT2D eigenvalue weighted by molar-refractivity contribution is 5.14. The first-order valence-electron chi connectivity index (χ1n) is 7.29. The lowest BCUT2D eigenvalue weighted by Gasteiger charge is -2.52. The van der Waals surface area contributed by atoms with Crippen molar-refractivity contribution in [1.82, 2.24) is 0 Å². The predicted octanol–water partition coefficient (Wildman–Crippen LogP) is 2.10. The average molecular weight is 254 g/mol. The topological polar surface area (TPSA) is 49.7 Å². The largest absolute Gasteiger partial charge is 0.393 e. The average Bonchev–Trinajstić information content (AvgIpc) is 2.39. The van der Waals surface area contributed by atoms with Crippen molar-refractivity contribution in [2.75, 3.05) is 0 Å². The fourth-order valence-electron chi connectivity index (χ4n) is 4.99. The molecule has 2 bridgehead atoms. The molecule has 2 aliphatic carbocycles. The molecule has 3 nitrogen and oxygen atoms in total. The van der Waals surface area contributed by atoms with Crippen LogP contribution in [-0.2, 0) is 4.74 Å². The number of aliphatic hydroxyl groups excluding tert-OH is 1. The van der Waals surface area contributed by atoms with Crippen molar-refractivity contribution in [3.8, 4) is 0 Å². The fraction of sp³-hybridized carbons (Fsp3) is 1.00. The van der Waals surface area contributed by atoms with Crippen molar-refractivity contribution in [2.24, 2.45) is 17.8 Å². The van der Waals surface area contributed by atoms with Crippen molar-refractivity contribution in [1.29, 1.82) is 0 Å². The minimum Gasteiger partial charge on any atom is -0.393 e. The molecule has 4 fully saturated rings. The van der Waals surface area contributed by atoms with Gasteiger partial charge in [-0.2, -0.15) is 0 Å². The molecule has 4 rings (SSSR count). The zero-order chi connectivity index (χ0) is 13.3. The Balaban J connectivity index is 2.07. The maximum absolute atomic E-state index is 11.0. The summed E-state index contributed by atoms with van der Waals surface area (Å²) in [6.07, 6.45) is 3.01. The summed E-state index contributed by atoms with van der Waals surface area (Å²) >= 11 is 0. The number of hydrogen-bond acceptors (Lipinski definition) is 3. The van der Waals surface area contributed by atoms with Gasteiger partial charge in [0.05, 0.1) is 22.9 Å². The first kappa shape index (κ1) is 12.9. The molecule has 2 saturated carbocycles. The van der Waals surface area contributed by atoms with Gasteiger partial charge in [0.15, 0.2) is 0 Å². The van der Waals surface area contributed by atoms with Crippen LogP contribution in [0.5, 0.6) is 0 Å². The van der Waals surface area contributed by atoms with Gasteiger partial charge in [0, 0.05) is 5.92 Å². The molecule has 0 amide bonds. The van der Waals surface area contributed by atoms with Gasteiger partial charge < -0.3 is 14.9 Å². The Morgan fingerprint density at radius 3 is 2.44 bits per heavy atom. The SMILES string of the molecule is C[C@@H]1C[C@H](O)[C@@H]2[C@@H]1C[C@@]1(O)CC[C@]2(C)OC1(C)C. The van der Waals surface area contributed by atoms with E-state index in [1.165, 1.54) is 0 Å². The van der Waals surface area contributed by atoms with E-state index in [2.05, 4.69) is 13.8 Å². The standard InChI is InChI=1S/C15H26O3/c1-9-7-11(16)12-10(9)8-15(17)6-5-14(12,4)18-13(15,2)3/h9-12,16-17H,5-8H2,1-4H3/t9-,10-,11+,12+,14+,15+/m1/s1. The Kier molecular flexibility index (Phi) is 2.51. The summed E-state index contributed by atoms with van der Waals surface area (Å²) in [4.78, 5) is 0. The zero-order valence-corrected chi connectivity index (χ0v) is 11.9. The van der Waals surface area contributed by atoms with Gasteiger partial charge >= 0.3 is 0 Å². The van der Waals surface area contributed by atoms with Gasteiger partial charge in [-0.1, -0.05) is 6.92 Å². The fourth-order valence-corrected chi connectivity index (χ4v) is 4.99. The molecule has 4 aliphatic rings. The Morgan fingerprint density at radius 2 is 1.83 bits per heavy atom. The summed E-state index contributed by atoms with van der Waals surface area (Å²) in [6.45, 7) is 8.35. The number of fused-ring (bicyclic) bond motifs is 2. The third-order valence-corrected chi connectivity index (χ3v) is 6.14. The molecule has 0 radical (unpaired) electrons. The minimum atomic E-state index is -0.732. The Bertz CT molecular complexity index is 367. The highest BCUT2D eigenvalue weighted by Gasteiger charge is 2.64. The Labute approximate surface area is 110 Å². The summed E-state index contributed by atoms with van der Waals surface area (Å²) in [6, 6.07) is 0. The van der Waals surface area contributed by atoms with E-state index in [0.29, 0.717) is 11.8 Å². The van der Waals surface area contributed by atoms with E-state index in [4.69, 9.17) is 4.74 Å². The molecular weight excluding hydrogens is 228 g/mol. The number of ether oxygens (including phenoxy) is 1. The van der Waals surface area contributed by atoms with Crippen molar-refractivity contribution >= 4 is 0 Å². The molecule has 0 spiro atoms. The summed E-state index contributed by atoms with van der Waals surface area (Å²) < 4.78 is 6.31. The molecule has 3 heteroatoms. The third-order valence-electron chi connectivity index (χ3n) is 6.14. The molecular formula is C15H26O3. The molecule has 0 aromatic rings. The van der Waals surface area contributed by atoms with E-state index in [1.807, 2.05) is 13.8 Å². The minimum absolute atomic E-state index is 0.184. The monoisotopic (exact) mass is 254 g/mol. The quantitative estimate of drug-likeness (QED) is 0.696. The maximum Gasteiger partial charge on any atom is 0.0934 e. The summed E-state index contributed by atoms with van der Waals surface area (Å²) in [7, 11) is 0. The first-order chi connectivity index (χ1) is 8.19. The molecule has 0 aromatic heterocycles. The van der Waals surface area contributed by atoms with Crippen LogP contribution in [0.1, 0.15) is 53.4 Å². The predicted molar refractivity (Wildman–Crippen MR) is 69.1 cm³/mol. The van der Waals surface area contributed by atoms with Crippen molar-refractivity contribution in [2.45, 2.75) is 76.3 Å². The third kappa shape index (κ3) is 1.47. The highest BCUT2D eigenvalue weighted by Crippen LogP contribution is 2.59. The van der Waals surface area contributed by atoms with Gasteiger partial charge in [-0.15, -0.1) is 0 Å². The molecule has 2 N–H and O–H groups in total. The van der Waals surface area contributed by atoms with Gasteiger partial charge in [-0.05, 0) is 58.3 Å². The van der Waals surface area contributed by atoms with E-state index in [1.54, 1.807) is 0 Å². The summed E-state index contributed by atoms with van der Waals surface area (Å²) in [5, 5.41) is 21.4. The first-order valence-corrected chi connectivity index (χ1v) is 7.29. The lowest BCUT2D eigenvalue weighted by Crippen LogP contribution is -2.59. The van der Waals surface area contributed by atoms with Crippen LogP contribution in [0.3, 0.4) is 0 Å². The maximum atomic E-state index is 11.0. The van der Waals surface area contributed by atoms with E-state index < -0.39 is 11.2 Å². The van der Waals surface area contributed by atoms with Gasteiger partial charge in [0.1, 0.15) is 0 Å². The Morgan fingerprint density at radius 1 is 1.17 bits per heavy atom. The van der Waals surface area contributed by atoms with Crippen LogP contribution in [-0.4, -0.2) is 33.1 Å². The smallest absolute Gasteiger partial charge is 0.0934 e. The molecule has 0 unspecified atom stereocenters. The van der Waals surface area contributed by atoms with Crippen LogP contribution in [0.4, 0.5) is 0 Å². The molecule has 6 atom stereocenters. The summed E-state index contributed by atoms with van der Waals surface area (Å²) in [5.74, 6) is 1.05. The van der Waals surface area contributed by atoms with Crippen LogP contribution in [0, 0.1) is 17.8 Å². The molecule has 0 aromatic carbocycles. The lowest BCUT2D eigenvalue weighted by molar-refractivity contribution is -0.261.